The molecule has 5 nitrogen and oxygen atoms in total. The number of nitro groups is 1. The number of phenols is 1. The third kappa shape index (κ3) is 2.77. The van der Waals surface area contributed by atoms with Gasteiger partial charge in [0.1, 0.15) is 5.56 Å². The number of rotatable bonds is 3. The molecule has 94 valence electrons. The van der Waals surface area contributed by atoms with Gasteiger partial charge in [-0.05, 0) is 6.92 Å². The summed E-state index contributed by atoms with van der Waals surface area (Å²) in [4.78, 5) is 9.33. The normalized spacial score (nSPS) is 11.3. The zero-order valence-electron chi connectivity index (χ0n) is 8.61. The smallest absolute Gasteiger partial charge is 0.423 e. The van der Waals surface area contributed by atoms with Crippen LogP contribution in [-0.2, 0) is 6.18 Å². The van der Waals surface area contributed by atoms with Gasteiger partial charge >= 0.3 is 6.18 Å². The third-order valence-corrected chi connectivity index (χ3v) is 1.88. The molecule has 0 bridgehead atoms. The molecule has 0 fully saturated rings. The minimum atomic E-state index is -4.91. The van der Waals surface area contributed by atoms with E-state index in [1.54, 1.807) is 0 Å². The number of aromatic hydroxyl groups is 1. The number of ether oxygens (including phenoxy) is 1. The minimum Gasteiger partial charge on any atom is -0.504 e. The summed E-state index contributed by atoms with van der Waals surface area (Å²) in [5.41, 5.74) is -2.66. The molecule has 17 heavy (non-hydrogen) atoms. The van der Waals surface area contributed by atoms with Gasteiger partial charge in [-0.25, -0.2) is 0 Å². The summed E-state index contributed by atoms with van der Waals surface area (Å²) in [6.45, 7) is 1.60. The van der Waals surface area contributed by atoms with Crippen molar-refractivity contribution in [3.63, 3.8) is 0 Å². The van der Waals surface area contributed by atoms with E-state index in [2.05, 4.69) is 0 Å². The molecule has 0 amide bonds. The lowest BCUT2D eigenvalue weighted by Gasteiger charge is -2.11. The maximum atomic E-state index is 12.4. The fourth-order valence-electron chi connectivity index (χ4n) is 1.21. The van der Waals surface area contributed by atoms with E-state index >= 15 is 0 Å². The summed E-state index contributed by atoms with van der Waals surface area (Å²) in [6, 6.07) is 0.838. The van der Waals surface area contributed by atoms with Crippen molar-refractivity contribution in [2.45, 2.75) is 13.1 Å². The van der Waals surface area contributed by atoms with Gasteiger partial charge in [-0.15, -0.1) is 0 Å². The van der Waals surface area contributed by atoms with E-state index in [-0.39, 0.29) is 18.4 Å². The SMILES string of the molecule is CCOc1cc([N+](=O)[O-])c(C(F)(F)F)cc1O. The molecule has 0 spiro atoms. The second kappa shape index (κ2) is 4.48. The van der Waals surface area contributed by atoms with E-state index < -0.39 is 28.1 Å². The number of halogens is 3. The molecule has 0 unspecified atom stereocenters. The number of hydrogen-bond acceptors (Lipinski definition) is 4. The van der Waals surface area contributed by atoms with Crippen molar-refractivity contribution in [1.82, 2.24) is 0 Å². The van der Waals surface area contributed by atoms with Gasteiger partial charge in [-0.1, -0.05) is 0 Å². The topological polar surface area (TPSA) is 72.6 Å². The van der Waals surface area contributed by atoms with Crippen molar-refractivity contribution in [2.75, 3.05) is 6.61 Å². The molecule has 0 saturated carbocycles. The maximum Gasteiger partial charge on any atom is 0.423 e. The number of hydrogen-bond donors (Lipinski definition) is 1. The highest BCUT2D eigenvalue weighted by Gasteiger charge is 2.39. The summed E-state index contributed by atoms with van der Waals surface area (Å²) in [7, 11) is 0. The first kappa shape index (κ1) is 13.1. The summed E-state index contributed by atoms with van der Waals surface area (Å²) in [5, 5.41) is 19.7. The lowest BCUT2D eigenvalue weighted by Crippen LogP contribution is -2.09. The Bertz CT molecular complexity index is 445. The van der Waals surface area contributed by atoms with Crippen molar-refractivity contribution in [2.24, 2.45) is 0 Å². The molecule has 0 heterocycles. The van der Waals surface area contributed by atoms with Crippen LogP contribution in [0.15, 0.2) is 12.1 Å². The van der Waals surface area contributed by atoms with E-state index in [0.29, 0.717) is 6.07 Å². The third-order valence-electron chi connectivity index (χ3n) is 1.88. The number of alkyl halides is 3. The number of phenolic OH excluding ortho intramolecular Hbond substituents is 1. The summed E-state index contributed by atoms with van der Waals surface area (Å²) >= 11 is 0. The maximum absolute atomic E-state index is 12.4. The molecule has 0 aliphatic heterocycles. The van der Waals surface area contributed by atoms with Crippen LogP contribution < -0.4 is 4.74 Å². The Morgan fingerprint density at radius 2 is 2.06 bits per heavy atom. The van der Waals surface area contributed by atoms with E-state index in [4.69, 9.17) is 4.74 Å². The van der Waals surface area contributed by atoms with Gasteiger partial charge in [0.05, 0.1) is 17.6 Å². The average Bonchev–Trinajstić information content (AvgIpc) is 2.19. The van der Waals surface area contributed by atoms with Crippen LogP contribution in [0.2, 0.25) is 0 Å². The Morgan fingerprint density at radius 1 is 1.47 bits per heavy atom. The Morgan fingerprint density at radius 3 is 2.47 bits per heavy atom. The largest absolute Gasteiger partial charge is 0.504 e. The molecule has 0 atom stereocenters. The molecule has 8 heteroatoms. The second-order valence-corrected chi connectivity index (χ2v) is 3.02. The van der Waals surface area contributed by atoms with Gasteiger partial charge in [0.25, 0.3) is 5.69 Å². The Hall–Kier alpha value is -1.99. The van der Waals surface area contributed by atoms with Crippen LogP contribution in [0, 0.1) is 10.1 Å². The molecule has 1 rings (SSSR count). The average molecular weight is 251 g/mol. The molecule has 1 aromatic rings. The van der Waals surface area contributed by atoms with Crippen molar-refractivity contribution < 1.29 is 27.9 Å². The Kier molecular flexibility index (Phi) is 3.45. The molecule has 0 radical (unpaired) electrons. The van der Waals surface area contributed by atoms with Crippen molar-refractivity contribution in [3.8, 4) is 11.5 Å². The zero-order valence-corrected chi connectivity index (χ0v) is 8.61. The van der Waals surface area contributed by atoms with Crippen LogP contribution in [0.25, 0.3) is 0 Å². The molecule has 0 saturated heterocycles. The van der Waals surface area contributed by atoms with Crippen molar-refractivity contribution >= 4 is 5.69 Å². The molecule has 0 aliphatic rings. The number of nitrogens with zero attached hydrogens (tertiary/aromatic N) is 1. The summed E-state index contributed by atoms with van der Waals surface area (Å²) in [6.07, 6.45) is -4.91. The zero-order chi connectivity index (χ0) is 13.2. The lowest BCUT2D eigenvalue weighted by molar-refractivity contribution is -0.388. The quantitative estimate of drug-likeness (QED) is 0.662. The number of benzene rings is 1. The Labute approximate surface area is 93.6 Å². The van der Waals surface area contributed by atoms with E-state index in [9.17, 15) is 28.4 Å². The first-order valence-electron chi connectivity index (χ1n) is 4.48. The predicted molar refractivity (Wildman–Crippen MR) is 50.9 cm³/mol. The van der Waals surface area contributed by atoms with Gasteiger partial charge in [-0.2, -0.15) is 13.2 Å². The highest BCUT2D eigenvalue weighted by Crippen LogP contribution is 2.42. The van der Waals surface area contributed by atoms with Gasteiger partial charge in [-0.3, -0.25) is 10.1 Å². The second-order valence-electron chi connectivity index (χ2n) is 3.02. The van der Waals surface area contributed by atoms with Crippen LogP contribution in [-0.4, -0.2) is 16.6 Å². The van der Waals surface area contributed by atoms with E-state index in [0.717, 1.165) is 0 Å². The molecule has 1 aromatic carbocycles. The van der Waals surface area contributed by atoms with Crippen LogP contribution in [0.1, 0.15) is 12.5 Å². The van der Waals surface area contributed by atoms with Gasteiger partial charge < -0.3 is 9.84 Å². The first-order valence-corrected chi connectivity index (χ1v) is 4.48. The molecular formula is C9H8F3NO4. The highest BCUT2D eigenvalue weighted by atomic mass is 19.4. The van der Waals surface area contributed by atoms with Gasteiger partial charge in [0.2, 0.25) is 0 Å². The van der Waals surface area contributed by atoms with Crippen LogP contribution in [0.5, 0.6) is 11.5 Å². The predicted octanol–water partition coefficient (Wildman–Crippen LogP) is 2.72. The first-order chi connectivity index (χ1) is 7.77. The Balaban J connectivity index is 3.41. The fraction of sp³-hybridized carbons (Fsp3) is 0.333. The highest BCUT2D eigenvalue weighted by molar-refractivity contribution is 5.54. The van der Waals surface area contributed by atoms with E-state index in [1.165, 1.54) is 6.92 Å². The fourth-order valence-corrected chi connectivity index (χ4v) is 1.21. The van der Waals surface area contributed by atoms with Gasteiger partial charge in [0.15, 0.2) is 11.5 Å². The van der Waals surface area contributed by atoms with Crippen molar-refractivity contribution in [1.29, 1.82) is 0 Å². The molecule has 1 N–H and O–H groups in total. The minimum absolute atomic E-state index is 0.0656. The monoisotopic (exact) mass is 251 g/mol. The molecular weight excluding hydrogens is 243 g/mol. The lowest BCUT2D eigenvalue weighted by atomic mass is 10.1. The van der Waals surface area contributed by atoms with Crippen LogP contribution >= 0.6 is 0 Å². The van der Waals surface area contributed by atoms with Crippen LogP contribution in [0.3, 0.4) is 0 Å². The molecule has 0 aromatic heterocycles. The van der Waals surface area contributed by atoms with Crippen molar-refractivity contribution in [3.05, 3.63) is 27.8 Å². The standard InChI is InChI=1S/C9H8F3NO4/c1-2-17-8-4-6(13(15)16)5(3-7(8)14)9(10,11)12/h3-4,14H,2H2,1H3. The molecule has 0 aliphatic carbocycles. The summed E-state index contributed by atoms with van der Waals surface area (Å²) in [5.74, 6) is -1.14. The summed E-state index contributed by atoms with van der Waals surface area (Å²) < 4.78 is 42.1. The van der Waals surface area contributed by atoms with Gasteiger partial charge in [0, 0.05) is 6.07 Å². The number of nitro benzene ring substituents is 1. The van der Waals surface area contributed by atoms with Crippen LogP contribution in [0.4, 0.5) is 18.9 Å². The van der Waals surface area contributed by atoms with E-state index in [1.807, 2.05) is 0 Å².